The van der Waals surface area contributed by atoms with Crippen LogP contribution >= 0.6 is 23.2 Å². The molecule has 1 aliphatic rings. The third kappa shape index (κ3) is 3.61. The normalized spacial score (nSPS) is 14.9. The van der Waals surface area contributed by atoms with Gasteiger partial charge in [0.2, 0.25) is 0 Å². The standard InChI is InChI=1S/C24H17Cl2N7O/c25-16-3-1-2-14(8-16)20-12-27-24(29-20)22-7-5-18-9-15(10-23(34)33(18)22)19-11-17(26)4-6-21(19)32-13-28-30-31-32/h1-4,6,8-13,22H,5,7H2,(H,27,29)/t22-/m0/s1. The first-order chi connectivity index (χ1) is 16.6. The molecule has 4 heterocycles. The van der Waals surface area contributed by atoms with E-state index in [1.807, 2.05) is 47.0 Å². The SMILES string of the molecule is O=c1cc(-c2cc(Cl)ccc2-n2cnnn2)cc2n1[C@H](c1ncc(-c3cccc(Cl)c3)[nH]1)CC2. The average Bonchev–Trinajstić information content (AvgIpc) is 3.59. The lowest BCUT2D eigenvalue weighted by atomic mass is 10.0. The number of aryl methyl sites for hydroxylation is 1. The highest BCUT2D eigenvalue weighted by atomic mass is 35.5. The molecule has 168 valence electrons. The lowest BCUT2D eigenvalue weighted by molar-refractivity contribution is 0.572. The van der Waals surface area contributed by atoms with E-state index in [-0.39, 0.29) is 11.6 Å². The van der Waals surface area contributed by atoms with Crippen molar-refractivity contribution in [1.29, 1.82) is 0 Å². The molecule has 3 aromatic heterocycles. The highest BCUT2D eigenvalue weighted by molar-refractivity contribution is 6.31. The summed E-state index contributed by atoms with van der Waals surface area (Å²) in [4.78, 5) is 21.3. The maximum Gasteiger partial charge on any atom is 0.252 e. The third-order valence-corrected chi connectivity index (χ3v) is 6.52. The van der Waals surface area contributed by atoms with Crippen molar-refractivity contribution in [3.05, 3.63) is 99.0 Å². The molecule has 6 rings (SSSR count). The lowest BCUT2D eigenvalue weighted by Crippen LogP contribution is -2.23. The molecule has 0 unspecified atom stereocenters. The Morgan fingerprint density at radius 2 is 1.88 bits per heavy atom. The van der Waals surface area contributed by atoms with Gasteiger partial charge in [-0.25, -0.2) is 4.98 Å². The van der Waals surface area contributed by atoms with Gasteiger partial charge < -0.3 is 9.55 Å². The van der Waals surface area contributed by atoms with Gasteiger partial charge in [0, 0.05) is 32.9 Å². The van der Waals surface area contributed by atoms with E-state index in [0.29, 0.717) is 10.0 Å². The van der Waals surface area contributed by atoms with Crippen molar-refractivity contribution < 1.29 is 0 Å². The molecule has 0 amide bonds. The number of imidazole rings is 1. The van der Waals surface area contributed by atoms with Crippen LogP contribution in [0, 0.1) is 0 Å². The van der Waals surface area contributed by atoms with Gasteiger partial charge in [0.25, 0.3) is 5.56 Å². The van der Waals surface area contributed by atoms with Crippen molar-refractivity contribution in [2.45, 2.75) is 18.9 Å². The maximum absolute atomic E-state index is 13.3. The number of halogens is 2. The van der Waals surface area contributed by atoms with Crippen molar-refractivity contribution in [3.63, 3.8) is 0 Å². The van der Waals surface area contributed by atoms with Gasteiger partial charge in [-0.15, -0.1) is 5.10 Å². The quantitative estimate of drug-likeness (QED) is 0.393. The number of aromatic nitrogens is 7. The summed E-state index contributed by atoms with van der Waals surface area (Å²) in [7, 11) is 0. The number of hydrogen-bond donors (Lipinski definition) is 1. The Balaban J connectivity index is 1.39. The third-order valence-electron chi connectivity index (χ3n) is 6.05. The molecule has 1 N–H and O–H groups in total. The van der Waals surface area contributed by atoms with Gasteiger partial charge in [0.1, 0.15) is 12.2 Å². The van der Waals surface area contributed by atoms with Crippen LogP contribution in [0.25, 0.3) is 28.1 Å². The number of tetrazole rings is 1. The molecular formula is C24H17Cl2N7O. The topological polar surface area (TPSA) is 94.3 Å². The highest BCUT2D eigenvalue weighted by Gasteiger charge is 2.28. The first-order valence-corrected chi connectivity index (χ1v) is 11.4. The second-order valence-corrected chi connectivity index (χ2v) is 8.98. The number of benzene rings is 2. The largest absolute Gasteiger partial charge is 0.340 e. The first-order valence-electron chi connectivity index (χ1n) is 10.7. The molecule has 1 atom stereocenters. The smallest absolute Gasteiger partial charge is 0.252 e. The van der Waals surface area contributed by atoms with Crippen molar-refractivity contribution in [2.75, 3.05) is 0 Å². The van der Waals surface area contributed by atoms with Crippen LogP contribution in [0.5, 0.6) is 0 Å². The zero-order valence-electron chi connectivity index (χ0n) is 17.7. The minimum absolute atomic E-state index is 0.0988. The maximum atomic E-state index is 13.3. The zero-order valence-corrected chi connectivity index (χ0v) is 19.2. The summed E-state index contributed by atoms with van der Waals surface area (Å²) >= 11 is 12.4. The van der Waals surface area contributed by atoms with E-state index in [9.17, 15) is 4.79 Å². The summed E-state index contributed by atoms with van der Waals surface area (Å²) < 4.78 is 3.37. The Hall–Kier alpha value is -3.75. The molecule has 34 heavy (non-hydrogen) atoms. The molecule has 0 saturated carbocycles. The molecule has 2 aromatic carbocycles. The van der Waals surface area contributed by atoms with Crippen molar-refractivity contribution in [1.82, 2.24) is 34.7 Å². The zero-order chi connectivity index (χ0) is 23.2. The van der Waals surface area contributed by atoms with E-state index >= 15 is 0 Å². The van der Waals surface area contributed by atoms with E-state index in [0.717, 1.165) is 52.4 Å². The molecule has 0 aliphatic carbocycles. The highest BCUT2D eigenvalue weighted by Crippen LogP contribution is 2.34. The first kappa shape index (κ1) is 20.8. The van der Waals surface area contributed by atoms with Crippen LogP contribution in [0.3, 0.4) is 0 Å². The minimum atomic E-state index is -0.164. The number of fused-ring (bicyclic) bond motifs is 1. The van der Waals surface area contributed by atoms with Gasteiger partial charge in [-0.3, -0.25) is 4.79 Å². The van der Waals surface area contributed by atoms with Crippen LogP contribution < -0.4 is 5.56 Å². The van der Waals surface area contributed by atoms with Crippen LogP contribution in [-0.2, 0) is 6.42 Å². The van der Waals surface area contributed by atoms with Crippen LogP contribution in [-0.4, -0.2) is 34.7 Å². The second kappa shape index (κ2) is 8.23. The summed E-state index contributed by atoms with van der Waals surface area (Å²) in [5, 5.41) is 12.7. The Morgan fingerprint density at radius 1 is 1.00 bits per heavy atom. The number of nitrogens with zero attached hydrogens (tertiary/aromatic N) is 6. The minimum Gasteiger partial charge on any atom is -0.340 e. The Bertz CT molecular complexity index is 1570. The van der Waals surface area contributed by atoms with E-state index in [2.05, 4.69) is 25.5 Å². The molecule has 0 bridgehead atoms. The van der Waals surface area contributed by atoms with Gasteiger partial charge in [-0.05, 0) is 65.2 Å². The van der Waals surface area contributed by atoms with Gasteiger partial charge in [0.15, 0.2) is 0 Å². The van der Waals surface area contributed by atoms with Crippen LogP contribution in [0.2, 0.25) is 10.0 Å². The summed E-state index contributed by atoms with van der Waals surface area (Å²) in [6.45, 7) is 0. The molecule has 5 aromatic rings. The summed E-state index contributed by atoms with van der Waals surface area (Å²) in [6.07, 6.45) is 4.82. The second-order valence-electron chi connectivity index (χ2n) is 8.11. The molecule has 0 spiro atoms. The average molecular weight is 490 g/mol. The van der Waals surface area contributed by atoms with E-state index < -0.39 is 0 Å². The summed E-state index contributed by atoms with van der Waals surface area (Å²) in [5.41, 5.74) is 4.94. The fourth-order valence-corrected chi connectivity index (χ4v) is 4.89. The van der Waals surface area contributed by atoms with Crippen molar-refractivity contribution >= 4 is 23.2 Å². The van der Waals surface area contributed by atoms with Crippen LogP contribution in [0.4, 0.5) is 0 Å². The number of rotatable bonds is 4. The van der Waals surface area contributed by atoms with E-state index in [1.165, 1.54) is 6.33 Å². The molecule has 1 aliphatic heterocycles. The fourth-order valence-electron chi connectivity index (χ4n) is 4.53. The molecule has 0 saturated heterocycles. The van der Waals surface area contributed by atoms with E-state index in [4.69, 9.17) is 23.2 Å². The predicted molar refractivity (Wildman–Crippen MR) is 129 cm³/mol. The van der Waals surface area contributed by atoms with Crippen LogP contribution in [0.1, 0.15) is 24.0 Å². The molecule has 10 heteroatoms. The Kier molecular flexibility index (Phi) is 5.04. The number of H-pyrrole nitrogens is 1. The Morgan fingerprint density at radius 3 is 2.71 bits per heavy atom. The van der Waals surface area contributed by atoms with Gasteiger partial charge in [-0.2, -0.15) is 4.68 Å². The fraction of sp³-hybridized carbons (Fsp3) is 0.125. The number of nitrogens with one attached hydrogen (secondary N) is 1. The Labute approximate surface area is 203 Å². The predicted octanol–water partition coefficient (Wildman–Crippen LogP) is 4.72. The lowest BCUT2D eigenvalue weighted by Gasteiger charge is -2.15. The number of hydrogen-bond acceptors (Lipinski definition) is 5. The molecule has 8 nitrogen and oxygen atoms in total. The van der Waals surface area contributed by atoms with Gasteiger partial charge >= 0.3 is 0 Å². The van der Waals surface area contributed by atoms with Gasteiger partial charge in [0.05, 0.1) is 23.6 Å². The van der Waals surface area contributed by atoms with Crippen LogP contribution in [0.15, 0.2) is 71.9 Å². The van der Waals surface area contributed by atoms with E-state index in [1.54, 1.807) is 23.0 Å². The molecule has 0 fully saturated rings. The van der Waals surface area contributed by atoms with Crippen molar-refractivity contribution in [3.8, 4) is 28.1 Å². The summed E-state index contributed by atoms with van der Waals surface area (Å²) in [6, 6.07) is 16.5. The number of pyridine rings is 1. The molecule has 0 radical (unpaired) electrons. The number of aromatic amines is 1. The monoisotopic (exact) mass is 489 g/mol. The van der Waals surface area contributed by atoms with Crippen molar-refractivity contribution in [2.24, 2.45) is 0 Å². The van der Waals surface area contributed by atoms with Gasteiger partial charge in [-0.1, -0.05) is 35.3 Å². The summed E-state index contributed by atoms with van der Waals surface area (Å²) in [5.74, 6) is 0.751. The molecular weight excluding hydrogens is 473 g/mol.